The van der Waals surface area contributed by atoms with Crippen molar-refractivity contribution in [3.8, 4) is 16.9 Å². The van der Waals surface area contributed by atoms with E-state index in [0.717, 1.165) is 20.5 Å². The van der Waals surface area contributed by atoms with Crippen LogP contribution in [0.4, 0.5) is 0 Å². The maximum absolute atomic E-state index is 12.2. The summed E-state index contributed by atoms with van der Waals surface area (Å²) < 4.78 is 2.31. The van der Waals surface area contributed by atoms with Gasteiger partial charge in [0.1, 0.15) is 9.57 Å². The first-order valence-electron chi connectivity index (χ1n) is 19.4. The summed E-state index contributed by atoms with van der Waals surface area (Å²) in [7, 11) is 3.59. The zero-order chi connectivity index (χ0) is 36.0. The van der Waals surface area contributed by atoms with Crippen LogP contribution in [0.1, 0.15) is 160 Å². The molecular formula is C45H62OS4. The predicted molar refractivity (Wildman–Crippen MR) is 228 cm³/mol. The van der Waals surface area contributed by atoms with Crippen molar-refractivity contribution in [2.45, 2.75) is 158 Å². The standard InChI is InChI=1S/C45H62OS4/c1-7-9-11-12-13-14-15-16-17-18-25-31-37(30-10-8-2)48-43-40(42(47)49-50-43)34-32-38(44(3,4)35-26-21-19-22-27-35)41(46)39(33-34)45(5,6)36-28-23-20-24-29-36/h19-24,26-29,32-33,37,46H,7-18,25,30-31H2,1-6H3. The molecule has 5 heteroatoms. The Labute approximate surface area is 321 Å². The summed E-state index contributed by atoms with van der Waals surface area (Å²) in [5.74, 6) is 0.382. The van der Waals surface area contributed by atoms with E-state index in [9.17, 15) is 5.11 Å². The fourth-order valence-corrected chi connectivity index (χ4v) is 12.1. The molecule has 4 rings (SSSR count). The molecule has 50 heavy (non-hydrogen) atoms. The Morgan fingerprint density at radius 1 is 0.620 bits per heavy atom. The van der Waals surface area contributed by atoms with Gasteiger partial charge in [0.25, 0.3) is 0 Å². The Morgan fingerprint density at radius 3 is 1.54 bits per heavy atom. The van der Waals surface area contributed by atoms with Crippen LogP contribution in [-0.2, 0) is 10.8 Å². The van der Waals surface area contributed by atoms with Crippen molar-refractivity contribution in [3.05, 3.63) is 98.9 Å². The molecule has 0 bridgehead atoms. The van der Waals surface area contributed by atoms with Crippen molar-refractivity contribution in [3.63, 3.8) is 0 Å². The molecule has 0 aliphatic rings. The van der Waals surface area contributed by atoms with E-state index in [2.05, 4.69) is 126 Å². The lowest BCUT2D eigenvalue weighted by Gasteiger charge is -2.33. The van der Waals surface area contributed by atoms with Crippen molar-refractivity contribution in [2.24, 2.45) is 0 Å². The molecule has 1 aromatic heterocycles. The first-order chi connectivity index (χ1) is 24.1. The third kappa shape index (κ3) is 11.0. The maximum Gasteiger partial charge on any atom is 0.123 e. The van der Waals surface area contributed by atoms with E-state index in [1.54, 1.807) is 10.3 Å². The van der Waals surface area contributed by atoms with Gasteiger partial charge >= 0.3 is 0 Å². The average molecular weight is 747 g/mol. The maximum atomic E-state index is 12.2. The lowest BCUT2D eigenvalue weighted by molar-refractivity contribution is 0.433. The number of phenols is 1. The van der Waals surface area contributed by atoms with Crippen molar-refractivity contribution in [1.29, 1.82) is 0 Å². The molecule has 0 amide bonds. The number of aromatic hydroxyl groups is 1. The lowest BCUT2D eigenvalue weighted by Crippen LogP contribution is -2.24. The number of hydrogen-bond acceptors (Lipinski definition) is 5. The summed E-state index contributed by atoms with van der Waals surface area (Å²) in [6.07, 6.45) is 20.2. The van der Waals surface area contributed by atoms with Crippen LogP contribution >= 0.6 is 44.7 Å². The molecule has 1 atom stereocenters. The zero-order valence-corrected chi connectivity index (χ0v) is 35.0. The summed E-state index contributed by atoms with van der Waals surface area (Å²) in [5.41, 5.74) is 5.78. The summed E-state index contributed by atoms with van der Waals surface area (Å²) in [5, 5.41) is 12.8. The van der Waals surface area contributed by atoms with Gasteiger partial charge in [-0.2, -0.15) is 0 Å². The Kier molecular flexibility index (Phi) is 16.6. The second-order valence-corrected chi connectivity index (χ2v) is 19.6. The predicted octanol–water partition coefficient (Wildman–Crippen LogP) is 15.9. The molecule has 4 aromatic rings. The highest BCUT2D eigenvalue weighted by Gasteiger charge is 2.34. The molecule has 0 aliphatic carbocycles. The summed E-state index contributed by atoms with van der Waals surface area (Å²) >= 11 is 8.20. The van der Waals surface area contributed by atoms with E-state index >= 15 is 0 Å². The molecule has 0 spiro atoms. The van der Waals surface area contributed by atoms with E-state index in [-0.39, 0.29) is 0 Å². The molecule has 0 saturated heterocycles. The van der Waals surface area contributed by atoms with Crippen molar-refractivity contribution < 1.29 is 5.11 Å². The molecule has 1 heterocycles. The van der Waals surface area contributed by atoms with Gasteiger partial charge in [0.05, 0.1) is 4.21 Å². The van der Waals surface area contributed by atoms with Gasteiger partial charge in [0.2, 0.25) is 0 Å². The largest absolute Gasteiger partial charge is 0.507 e. The van der Waals surface area contributed by atoms with E-state index in [1.165, 1.54) is 117 Å². The second kappa shape index (κ2) is 20.4. The van der Waals surface area contributed by atoms with E-state index in [0.29, 0.717) is 11.0 Å². The zero-order valence-electron chi connectivity index (χ0n) is 31.7. The highest BCUT2D eigenvalue weighted by molar-refractivity contribution is 8.03. The first kappa shape index (κ1) is 40.8. The lowest BCUT2D eigenvalue weighted by atomic mass is 9.71. The monoisotopic (exact) mass is 746 g/mol. The van der Waals surface area contributed by atoms with E-state index < -0.39 is 10.8 Å². The van der Waals surface area contributed by atoms with Crippen LogP contribution in [0.15, 0.2) is 77.0 Å². The molecule has 0 aliphatic heterocycles. The van der Waals surface area contributed by atoms with Crippen LogP contribution in [-0.4, -0.2) is 10.4 Å². The Morgan fingerprint density at radius 2 is 1.06 bits per heavy atom. The van der Waals surface area contributed by atoms with E-state index in [1.807, 2.05) is 10.3 Å². The Bertz CT molecular complexity index is 1540. The quantitative estimate of drug-likeness (QED) is 0.0374. The molecule has 0 saturated carbocycles. The van der Waals surface area contributed by atoms with E-state index in [4.69, 9.17) is 12.2 Å². The summed E-state index contributed by atoms with van der Waals surface area (Å²) in [4.78, 5) is 0. The van der Waals surface area contributed by atoms with Gasteiger partial charge in [0.15, 0.2) is 0 Å². The first-order valence-corrected chi connectivity index (χ1v) is 22.8. The number of phenolic OH excluding ortho intramolecular Hbond substituents is 1. The van der Waals surface area contributed by atoms with Gasteiger partial charge < -0.3 is 5.11 Å². The van der Waals surface area contributed by atoms with Gasteiger partial charge in [-0.15, -0.1) is 11.8 Å². The summed E-state index contributed by atoms with van der Waals surface area (Å²) in [6, 6.07) is 25.7. The van der Waals surface area contributed by atoms with Crippen molar-refractivity contribution in [2.75, 3.05) is 0 Å². The molecule has 0 radical (unpaired) electrons. The van der Waals surface area contributed by atoms with Crippen LogP contribution < -0.4 is 0 Å². The van der Waals surface area contributed by atoms with Crippen molar-refractivity contribution >= 4 is 44.7 Å². The Balaban J connectivity index is 1.60. The van der Waals surface area contributed by atoms with Crippen LogP contribution in [0.25, 0.3) is 11.1 Å². The normalized spacial score (nSPS) is 12.8. The number of unbranched alkanes of at least 4 members (excludes halogenated alkanes) is 11. The third-order valence-corrected chi connectivity index (χ3v) is 15.5. The van der Waals surface area contributed by atoms with Crippen LogP contribution in [0.3, 0.4) is 0 Å². The molecule has 1 nitrogen and oxygen atoms in total. The van der Waals surface area contributed by atoms with Crippen LogP contribution in [0.5, 0.6) is 5.75 Å². The highest BCUT2D eigenvalue weighted by Crippen LogP contribution is 2.50. The van der Waals surface area contributed by atoms with Crippen molar-refractivity contribution in [1.82, 2.24) is 0 Å². The third-order valence-electron chi connectivity index (χ3n) is 10.6. The Hall–Kier alpha value is -1.92. The summed E-state index contributed by atoms with van der Waals surface area (Å²) in [6.45, 7) is 13.5. The minimum Gasteiger partial charge on any atom is -0.507 e. The molecule has 3 aromatic carbocycles. The van der Waals surface area contributed by atoms with Gasteiger partial charge in [-0.25, -0.2) is 0 Å². The molecule has 1 unspecified atom stereocenters. The van der Waals surface area contributed by atoms with Gasteiger partial charge in [-0.1, -0.05) is 219 Å². The fraction of sp³-hybridized carbons (Fsp3) is 0.533. The van der Waals surface area contributed by atoms with Crippen LogP contribution in [0, 0.1) is 3.82 Å². The number of rotatable bonds is 22. The van der Waals surface area contributed by atoms with Gasteiger partial charge in [0, 0.05) is 32.8 Å². The SMILES string of the molecule is CCCCCCCCCCCCCC(CCCC)Sc1ssc(=S)c1-c1cc(C(C)(C)c2ccccc2)c(O)c(C(C)(C)c2ccccc2)c1. The minimum atomic E-state index is -0.407. The average Bonchev–Trinajstić information content (AvgIpc) is 3.49. The smallest absolute Gasteiger partial charge is 0.123 e. The number of benzene rings is 3. The molecular weight excluding hydrogens is 685 g/mol. The van der Waals surface area contributed by atoms with Gasteiger partial charge in [-0.3, -0.25) is 0 Å². The number of hydrogen-bond donors (Lipinski definition) is 1. The second-order valence-electron chi connectivity index (χ2n) is 15.2. The molecule has 1 N–H and O–H groups in total. The van der Waals surface area contributed by atoms with Gasteiger partial charge in [-0.05, 0) is 41.7 Å². The fourth-order valence-electron chi connectivity index (χ4n) is 7.19. The molecule has 272 valence electrons. The van der Waals surface area contributed by atoms with Crippen LogP contribution in [0.2, 0.25) is 0 Å². The topological polar surface area (TPSA) is 20.2 Å². The minimum absolute atomic E-state index is 0.382. The number of thioether (sulfide) groups is 1. The molecule has 0 fully saturated rings. The highest BCUT2D eigenvalue weighted by atomic mass is 32.9.